The first-order chi connectivity index (χ1) is 16.8. The van der Waals surface area contributed by atoms with Gasteiger partial charge >= 0.3 is 12.1 Å². The maximum atomic E-state index is 13.5. The number of ether oxygens (including phenoxy) is 1. The molecule has 1 saturated carbocycles. The Bertz CT molecular complexity index is 1130. The predicted molar refractivity (Wildman–Crippen MR) is 131 cm³/mol. The van der Waals surface area contributed by atoms with Gasteiger partial charge in [0, 0.05) is 19.0 Å². The fourth-order valence-corrected chi connectivity index (χ4v) is 5.94. The number of nitrogens with one attached hydrogen (secondary N) is 1. The molecular formula is C28H32N2O5. The number of carbonyl (C=O) groups excluding carboxylic acids is 2. The molecule has 2 N–H and O–H groups in total. The van der Waals surface area contributed by atoms with Crippen LogP contribution in [0.25, 0.3) is 11.1 Å². The number of piperidine rings is 1. The molecule has 2 fully saturated rings. The molecule has 2 aliphatic carbocycles. The van der Waals surface area contributed by atoms with E-state index in [9.17, 15) is 19.5 Å². The summed E-state index contributed by atoms with van der Waals surface area (Å²) in [7, 11) is 0. The monoisotopic (exact) mass is 476 g/mol. The van der Waals surface area contributed by atoms with E-state index in [-0.39, 0.29) is 30.9 Å². The van der Waals surface area contributed by atoms with Gasteiger partial charge < -0.3 is 20.1 Å². The molecule has 0 radical (unpaired) electrons. The Morgan fingerprint density at radius 3 is 2.34 bits per heavy atom. The van der Waals surface area contributed by atoms with Crippen molar-refractivity contribution in [1.82, 2.24) is 10.2 Å². The van der Waals surface area contributed by atoms with Crippen LogP contribution in [0.1, 0.15) is 56.6 Å². The van der Waals surface area contributed by atoms with Gasteiger partial charge in [0.2, 0.25) is 5.91 Å². The molecule has 1 heterocycles. The number of carboxylic acids is 1. The first-order valence-electron chi connectivity index (χ1n) is 12.5. The molecule has 5 rings (SSSR count). The average Bonchev–Trinajstić information content (AvgIpc) is 3.56. The summed E-state index contributed by atoms with van der Waals surface area (Å²) in [6.45, 7) is 4.42. The van der Waals surface area contributed by atoms with E-state index >= 15 is 0 Å². The van der Waals surface area contributed by atoms with Crippen LogP contribution in [0.5, 0.6) is 0 Å². The van der Waals surface area contributed by atoms with Gasteiger partial charge in [0.25, 0.3) is 0 Å². The molecule has 184 valence electrons. The number of carboxylic acid groups (broad SMARTS) is 1. The van der Waals surface area contributed by atoms with Crippen molar-refractivity contribution in [2.24, 2.45) is 11.3 Å². The van der Waals surface area contributed by atoms with Crippen molar-refractivity contribution < 1.29 is 24.2 Å². The molecule has 2 amide bonds. The molecule has 3 atom stereocenters. The SMILES string of the molecule is CCC(C)(CNC(=O)OCC1c2ccccc2-c2ccccc21)C(=O)N1CCC[C@H]2C[C@]21C(=O)O. The Hall–Kier alpha value is -3.35. The lowest BCUT2D eigenvalue weighted by Gasteiger charge is -2.40. The highest BCUT2D eigenvalue weighted by Gasteiger charge is 2.67. The first-order valence-corrected chi connectivity index (χ1v) is 12.5. The molecule has 1 saturated heterocycles. The van der Waals surface area contributed by atoms with Crippen LogP contribution in [0.3, 0.4) is 0 Å². The summed E-state index contributed by atoms with van der Waals surface area (Å²) < 4.78 is 5.62. The average molecular weight is 477 g/mol. The fraction of sp³-hybridized carbons (Fsp3) is 0.464. The summed E-state index contributed by atoms with van der Waals surface area (Å²) in [5.74, 6) is -1.13. The molecule has 2 aromatic carbocycles. The smallest absolute Gasteiger partial charge is 0.407 e. The lowest BCUT2D eigenvalue weighted by molar-refractivity contribution is -0.159. The highest BCUT2D eigenvalue weighted by atomic mass is 16.5. The molecule has 2 aromatic rings. The summed E-state index contributed by atoms with van der Waals surface area (Å²) in [6, 6.07) is 16.3. The normalized spacial score (nSPS) is 23.9. The second-order valence-electron chi connectivity index (χ2n) is 10.3. The Kier molecular flexibility index (Phi) is 5.82. The number of nitrogens with zero attached hydrogens (tertiary/aromatic N) is 1. The van der Waals surface area contributed by atoms with Gasteiger partial charge in [-0.1, -0.05) is 55.5 Å². The van der Waals surface area contributed by atoms with Crippen LogP contribution in [0, 0.1) is 11.3 Å². The van der Waals surface area contributed by atoms with Gasteiger partial charge in [-0.15, -0.1) is 0 Å². The third-order valence-corrected chi connectivity index (χ3v) is 8.37. The number of hydrogen-bond donors (Lipinski definition) is 2. The fourth-order valence-electron chi connectivity index (χ4n) is 5.94. The summed E-state index contributed by atoms with van der Waals surface area (Å²) in [4.78, 5) is 39.8. The van der Waals surface area contributed by atoms with E-state index in [1.54, 1.807) is 11.8 Å². The van der Waals surface area contributed by atoms with Crippen LogP contribution < -0.4 is 5.32 Å². The van der Waals surface area contributed by atoms with Crippen molar-refractivity contribution >= 4 is 18.0 Å². The van der Waals surface area contributed by atoms with Crippen molar-refractivity contribution in [3.05, 3.63) is 59.7 Å². The summed E-state index contributed by atoms with van der Waals surface area (Å²) in [5.41, 5.74) is 2.63. The van der Waals surface area contributed by atoms with Crippen LogP contribution in [0.4, 0.5) is 4.79 Å². The Balaban J connectivity index is 1.23. The minimum Gasteiger partial charge on any atom is -0.479 e. The third-order valence-electron chi connectivity index (χ3n) is 8.37. The van der Waals surface area contributed by atoms with E-state index in [0.717, 1.165) is 35.1 Å². The number of alkyl carbamates (subject to hydrolysis) is 1. The topological polar surface area (TPSA) is 95.9 Å². The van der Waals surface area contributed by atoms with Crippen LogP contribution >= 0.6 is 0 Å². The molecule has 0 bridgehead atoms. The number of carbonyl (C=O) groups is 3. The number of rotatable bonds is 7. The number of hydrogen-bond acceptors (Lipinski definition) is 4. The second kappa shape index (κ2) is 8.70. The molecular weight excluding hydrogens is 444 g/mol. The summed E-state index contributed by atoms with van der Waals surface area (Å²) in [5, 5.41) is 12.6. The van der Waals surface area contributed by atoms with Crippen LogP contribution in [0.15, 0.2) is 48.5 Å². The molecule has 35 heavy (non-hydrogen) atoms. The number of likely N-dealkylation sites (tertiary alicyclic amines) is 1. The van der Waals surface area contributed by atoms with Crippen molar-refractivity contribution in [2.75, 3.05) is 19.7 Å². The maximum Gasteiger partial charge on any atom is 0.407 e. The number of benzene rings is 2. The Morgan fingerprint density at radius 2 is 1.74 bits per heavy atom. The standard InChI is InChI=1S/C28H32N2O5/c1-3-27(2,24(31)30-14-8-9-18-15-28(18,30)25(32)33)17-29-26(34)35-16-23-21-12-6-4-10-19(21)20-11-5-7-13-22(20)23/h4-7,10-13,18,23H,3,8-9,14-17H2,1-2H3,(H,29,34)(H,32,33)/t18-,27?,28+/m0/s1. The van der Waals surface area contributed by atoms with E-state index in [1.165, 1.54) is 0 Å². The minimum absolute atomic E-state index is 0.0360. The van der Waals surface area contributed by atoms with Gasteiger partial charge in [-0.05, 0) is 60.8 Å². The highest BCUT2D eigenvalue weighted by molar-refractivity contribution is 5.93. The number of aliphatic carboxylic acids is 1. The molecule has 1 aliphatic heterocycles. The van der Waals surface area contributed by atoms with Gasteiger partial charge in [-0.2, -0.15) is 0 Å². The van der Waals surface area contributed by atoms with Gasteiger partial charge in [0.1, 0.15) is 12.1 Å². The Labute approximate surface area is 205 Å². The lowest BCUT2D eigenvalue weighted by atomic mass is 9.84. The van der Waals surface area contributed by atoms with E-state index in [2.05, 4.69) is 29.6 Å². The van der Waals surface area contributed by atoms with Gasteiger partial charge in [0.15, 0.2) is 0 Å². The molecule has 0 spiro atoms. The molecule has 3 aliphatic rings. The summed E-state index contributed by atoms with van der Waals surface area (Å²) >= 11 is 0. The van der Waals surface area contributed by atoms with Gasteiger partial charge in [-0.25, -0.2) is 9.59 Å². The highest BCUT2D eigenvalue weighted by Crippen LogP contribution is 2.55. The van der Waals surface area contributed by atoms with Crippen LogP contribution in [-0.4, -0.2) is 53.2 Å². The van der Waals surface area contributed by atoms with E-state index < -0.39 is 23.0 Å². The molecule has 1 unspecified atom stereocenters. The minimum atomic E-state index is -1.06. The van der Waals surface area contributed by atoms with Crippen LogP contribution in [-0.2, 0) is 14.3 Å². The molecule has 7 nitrogen and oxygen atoms in total. The van der Waals surface area contributed by atoms with Gasteiger partial charge in [0.05, 0.1) is 5.41 Å². The third kappa shape index (κ3) is 3.77. The van der Waals surface area contributed by atoms with E-state index in [0.29, 0.717) is 19.4 Å². The molecule has 0 aromatic heterocycles. The largest absolute Gasteiger partial charge is 0.479 e. The van der Waals surface area contributed by atoms with E-state index in [4.69, 9.17) is 4.74 Å². The predicted octanol–water partition coefficient (Wildman–Crippen LogP) is 4.41. The van der Waals surface area contributed by atoms with Crippen molar-refractivity contribution in [1.29, 1.82) is 0 Å². The zero-order chi connectivity index (χ0) is 24.8. The molecule has 7 heteroatoms. The zero-order valence-electron chi connectivity index (χ0n) is 20.3. The van der Waals surface area contributed by atoms with Crippen molar-refractivity contribution in [3.63, 3.8) is 0 Å². The first kappa shape index (κ1) is 23.4. The maximum absolute atomic E-state index is 13.5. The van der Waals surface area contributed by atoms with Crippen molar-refractivity contribution in [2.45, 2.75) is 51.0 Å². The zero-order valence-corrected chi connectivity index (χ0v) is 20.3. The second-order valence-corrected chi connectivity index (χ2v) is 10.3. The Morgan fingerprint density at radius 1 is 1.11 bits per heavy atom. The van der Waals surface area contributed by atoms with Crippen molar-refractivity contribution in [3.8, 4) is 11.1 Å². The lowest BCUT2D eigenvalue weighted by Crippen LogP contribution is -2.57. The van der Waals surface area contributed by atoms with E-state index in [1.807, 2.05) is 31.2 Å². The van der Waals surface area contributed by atoms with Crippen LogP contribution in [0.2, 0.25) is 0 Å². The number of amides is 2. The van der Waals surface area contributed by atoms with Gasteiger partial charge in [-0.3, -0.25) is 4.79 Å². The summed E-state index contributed by atoms with van der Waals surface area (Å²) in [6.07, 6.45) is 2.08. The number of fused-ring (bicyclic) bond motifs is 4. The quantitative estimate of drug-likeness (QED) is 0.617.